The fourth-order valence-electron chi connectivity index (χ4n) is 3.28. The van der Waals surface area contributed by atoms with Crippen molar-refractivity contribution in [3.05, 3.63) is 70.8 Å². The minimum absolute atomic E-state index is 0.106. The van der Waals surface area contributed by atoms with Crippen LogP contribution in [0.1, 0.15) is 69.4 Å². The smallest absolute Gasteiger partial charge is 0.261 e. The fraction of sp³-hybridized carbons (Fsp3) is 0.318. The van der Waals surface area contributed by atoms with Crippen molar-refractivity contribution in [1.29, 1.82) is 0 Å². The van der Waals surface area contributed by atoms with Gasteiger partial charge >= 0.3 is 0 Å². The Balaban J connectivity index is 1.83. The number of rotatable bonds is 6. The summed E-state index contributed by atoms with van der Waals surface area (Å²) in [6.45, 7) is 4.39. The first-order valence-corrected chi connectivity index (χ1v) is 9.28. The Morgan fingerprint density at radius 2 is 1.70 bits per heavy atom. The molecule has 5 heteroatoms. The molecule has 0 saturated carbocycles. The third-order valence-corrected chi connectivity index (χ3v) is 5.14. The Hall–Kier alpha value is -2.95. The number of hydrogen-bond donors (Lipinski definition) is 0. The quantitative estimate of drug-likeness (QED) is 0.730. The third-order valence-electron chi connectivity index (χ3n) is 5.14. The average Bonchev–Trinajstić information content (AvgIpc) is 2.95. The molecule has 0 fully saturated rings. The number of hydrogen-bond acceptors (Lipinski definition) is 3. The lowest BCUT2D eigenvalue weighted by atomic mass is 10.0. The first kappa shape index (κ1) is 18.8. The molecule has 3 rings (SSSR count). The molecule has 2 aromatic carbocycles. The Morgan fingerprint density at radius 1 is 1.04 bits per heavy atom. The van der Waals surface area contributed by atoms with Gasteiger partial charge in [-0.2, -0.15) is 0 Å². The van der Waals surface area contributed by atoms with Crippen molar-refractivity contribution >= 4 is 17.7 Å². The zero-order chi connectivity index (χ0) is 19.6. The van der Waals surface area contributed by atoms with Crippen LogP contribution >= 0.6 is 0 Å². The molecule has 27 heavy (non-hydrogen) atoms. The summed E-state index contributed by atoms with van der Waals surface area (Å²) in [5.74, 6) is -0.758. The van der Waals surface area contributed by atoms with E-state index in [1.807, 2.05) is 44.2 Å². The molecule has 0 aliphatic carbocycles. The van der Waals surface area contributed by atoms with E-state index >= 15 is 0 Å². The second-order valence-electron chi connectivity index (χ2n) is 6.88. The summed E-state index contributed by atoms with van der Waals surface area (Å²) in [7, 11) is 1.74. The molecule has 1 heterocycles. The summed E-state index contributed by atoms with van der Waals surface area (Å²) in [4.78, 5) is 40.9. The molecular weight excluding hydrogens is 340 g/mol. The molecule has 0 N–H and O–H groups in total. The Labute approximate surface area is 159 Å². The number of nitrogens with zero attached hydrogens (tertiary/aromatic N) is 2. The molecule has 0 aromatic heterocycles. The van der Waals surface area contributed by atoms with E-state index in [-0.39, 0.29) is 23.8 Å². The maximum absolute atomic E-state index is 12.9. The average molecular weight is 364 g/mol. The first-order valence-electron chi connectivity index (χ1n) is 9.28. The normalized spacial score (nSPS) is 14.3. The summed E-state index contributed by atoms with van der Waals surface area (Å²) >= 11 is 0. The van der Waals surface area contributed by atoms with Crippen LogP contribution in [0.2, 0.25) is 0 Å². The van der Waals surface area contributed by atoms with E-state index in [1.54, 1.807) is 30.1 Å². The molecule has 1 unspecified atom stereocenters. The lowest BCUT2D eigenvalue weighted by Gasteiger charge is -2.25. The van der Waals surface area contributed by atoms with Crippen molar-refractivity contribution in [3.63, 3.8) is 0 Å². The highest BCUT2D eigenvalue weighted by Gasteiger charge is 2.35. The van der Waals surface area contributed by atoms with Crippen LogP contribution in [-0.4, -0.2) is 41.1 Å². The van der Waals surface area contributed by atoms with Gasteiger partial charge in [-0.05, 0) is 37.1 Å². The van der Waals surface area contributed by atoms with Crippen molar-refractivity contribution in [2.45, 2.75) is 32.7 Å². The topological polar surface area (TPSA) is 57.7 Å². The van der Waals surface area contributed by atoms with Gasteiger partial charge in [0.2, 0.25) is 0 Å². The van der Waals surface area contributed by atoms with Gasteiger partial charge in [0.1, 0.15) is 0 Å². The maximum Gasteiger partial charge on any atom is 0.261 e. The molecule has 0 spiro atoms. The minimum atomic E-state index is -0.308. The summed E-state index contributed by atoms with van der Waals surface area (Å²) in [6.07, 6.45) is 1.67. The molecular formula is C22H24N2O3. The second kappa shape index (κ2) is 7.74. The third kappa shape index (κ3) is 3.50. The summed E-state index contributed by atoms with van der Waals surface area (Å²) in [6, 6.07) is 14.4. The van der Waals surface area contributed by atoms with Crippen molar-refractivity contribution in [2.75, 3.05) is 13.6 Å². The highest BCUT2D eigenvalue weighted by molar-refractivity contribution is 6.22. The van der Waals surface area contributed by atoms with Gasteiger partial charge in [-0.25, -0.2) is 0 Å². The van der Waals surface area contributed by atoms with Crippen LogP contribution in [0.15, 0.2) is 48.5 Å². The number of unbranched alkanes of at least 4 members (excludes halogenated alkanes) is 1. The highest BCUT2D eigenvalue weighted by atomic mass is 16.2. The van der Waals surface area contributed by atoms with Crippen molar-refractivity contribution in [1.82, 2.24) is 9.80 Å². The molecule has 0 bridgehead atoms. The van der Waals surface area contributed by atoms with Crippen LogP contribution < -0.4 is 0 Å². The number of amides is 3. The zero-order valence-corrected chi connectivity index (χ0v) is 15.9. The number of benzene rings is 2. The summed E-state index contributed by atoms with van der Waals surface area (Å²) in [5.41, 5.74) is 2.15. The zero-order valence-electron chi connectivity index (χ0n) is 15.9. The molecule has 1 aliphatic rings. The molecule has 5 nitrogen and oxygen atoms in total. The van der Waals surface area contributed by atoms with E-state index in [0.29, 0.717) is 23.2 Å². The van der Waals surface area contributed by atoms with Crippen LogP contribution in [0, 0.1) is 0 Å². The van der Waals surface area contributed by atoms with Gasteiger partial charge in [0, 0.05) is 19.2 Å². The number of carbonyl (C=O) groups excluding carboxylic acids is 3. The Morgan fingerprint density at radius 3 is 2.37 bits per heavy atom. The van der Waals surface area contributed by atoms with Crippen LogP contribution in [0.4, 0.5) is 0 Å². The van der Waals surface area contributed by atoms with Gasteiger partial charge in [0.15, 0.2) is 0 Å². The van der Waals surface area contributed by atoms with Crippen molar-refractivity contribution in [2.24, 2.45) is 0 Å². The van der Waals surface area contributed by atoms with E-state index in [2.05, 4.69) is 0 Å². The predicted molar refractivity (Wildman–Crippen MR) is 104 cm³/mol. The molecule has 140 valence electrons. The van der Waals surface area contributed by atoms with E-state index in [1.165, 1.54) is 4.90 Å². The SMILES string of the molecule is CCCCN1C(=O)c2ccc(C(=O)N(C)C(C)c3ccccc3)cc2C1=O. The van der Waals surface area contributed by atoms with Gasteiger partial charge < -0.3 is 4.90 Å². The van der Waals surface area contributed by atoms with E-state index in [0.717, 1.165) is 18.4 Å². The summed E-state index contributed by atoms with van der Waals surface area (Å²) in [5, 5.41) is 0. The molecule has 1 aliphatic heterocycles. The van der Waals surface area contributed by atoms with Gasteiger partial charge in [0.05, 0.1) is 17.2 Å². The lowest BCUT2D eigenvalue weighted by molar-refractivity contribution is 0.0651. The molecule has 2 aromatic rings. The van der Waals surface area contributed by atoms with E-state index in [9.17, 15) is 14.4 Å². The standard InChI is InChI=1S/C22H24N2O3/c1-4-5-13-24-21(26)18-12-11-17(14-19(18)22(24)27)20(25)23(3)15(2)16-9-7-6-8-10-16/h6-12,14-15H,4-5,13H2,1-3H3. The Kier molecular flexibility index (Phi) is 5.40. The van der Waals surface area contributed by atoms with Gasteiger partial charge in [0.25, 0.3) is 17.7 Å². The summed E-state index contributed by atoms with van der Waals surface area (Å²) < 4.78 is 0. The van der Waals surface area contributed by atoms with Crippen LogP contribution in [0.3, 0.4) is 0 Å². The van der Waals surface area contributed by atoms with Gasteiger partial charge in [-0.1, -0.05) is 43.7 Å². The minimum Gasteiger partial charge on any atom is -0.335 e. The van der Waals surface area contributed by atoms with Crippen molar-refractivity contribution < 1.29 is 14.4 Å². The van der Waals surface area contributed by atoms with Crippen LogP contribution in [-0.2, 0) is 0 Å². The molecule has 1 atom stereocenters. The van der Waals surface area contributed by atoms with Gasteiger partial charge in [-0.15, -0.1) is 0 Å². The monoisotopic (exact) mass is 364 g/mol. The maximum atomic E-state index is 12.9. The van der Waals surface area contributed by atoms with Crippen LogP contribution in [0.5, 0.6) is 0 Å². The van der Waals surface area contributed by atoms with Gasteiger partial charge in [-0.3, -0.25) is 19.3 Å². The second-order valence-corrected chi connectivity index (χ2v) is 6.88. The largest absolute Gasteiger partial charge is 0.335 e. The number of carbonyl (C=O) groups is 3. The Bertz CT molecular complexity index is 876. The van der Waals surface area contributed by atoms with Crippen LogP contribution in [0.25, 0.3) is 0 Å². The molecule has 0 saturated heterocycles. The molecule has 3 amide bonds. The number of imide groups is 1. The number of fused-ring (bicyclic) bond motifs is 1. The van der Waals surface area contributed by atoms with Crippen molar-refractivity contribution in [3.8, 4) is 0 Å². The predicted octanol–water partition coefficient (Wildman–Crippen LogP) is 3.92. The molecule has 0 radical (unpaired) electrons. The highest BCUT2D eigenvalue weighted by Crippen LogP contribution is 2.26. The fourth-order valence-corrected chi connectivity index (χ4v) is 3.28. The van der Waals surface area contributed by atoms with E-state index < -0.39 is 0 Å². The lowest BCUT2D eigenvalue weighted by Crippen LogP contribution is -2.30. The van der Waals surface area contributed by atoms with E-state index in [4.69, 9.17) is 0 Å². The first-order chi connectivity index (χ1) is 13.0.